The molecular weight excluding hydrogens is 461 g/mol. The Morgan fingerprint density at radius 3 is 2.58 bits per heavy atom. The monoisotopic (exact) mass is 480 g/mol. The fourth-order valence-electron chi connectivity index (χ4n) is 3.68. The van der Waals surface area contributed by atoms with Gasteiger partial charge in [0.15, 0.2) is 0 Å². The summed E-state index contributed by atoms with van der Waals surface area (Å²) in [6.45, 7) is 3.68. The quantitative estimate of drug-likeness (QED) is 0.586. The van der Waals surface area contributed by atoms with Crippen LogP contribution < -0.4 is 0 Å². The Bertz CT molecular complexity index is 1160. The summed E-state index contributed by atoms with van der Waals surface area (Å²) in [6.07, 6.45) is -4.46. The Labute approximate surface area is 192 Å². The van der Waals surface area contributed by atoms with Crippen molar-refractivity contribution >= 4 is 17.5 Å². The number of alkyl halides is 3. The first-order chi connectivity index (χ1) is 15.6. The van der Waals surface area contributed by atoms with Crippen LogP contribution in [0.15, 0.2) is 47.0 Å². The van der Waals surface area contributed by atoms with Gasteiger partial charge in [0.1, 0.15) is 5.75 Å². The Morgan fingerprint density at radius 2 is 1.88 bits per heavy atom. The number of carbonyl (C=O) groups is 1. The highest BCUT2D eigenvalue weighted by molar-refractivity contribution is 6.31. The number of amides is 1. The van der Waals surface area contributed by atoms with Gasteiger partial charge >= 0.3 is 6.18 Å². The van der Waals surface area contributed by atoms with E-state index in [9.17, 15) is 23.1 Å². The lowest BCUT2D eigenvalue weighted by Gasteiger charge is -2.36. The molecule has 33 heavy (non-hydrogen) atoms. The zero-order valence-corrected chi connectivity index (χ0v) is 18.3. The molecule has 0 aliphatic carbocycles. The lowest BCUT2D eigenvalue weighted by atomic mass is 10.1. The molecule has 1 aromatic heterocycles. The van der Waals surface area contributed by atoms with Crippen LogP contribution in [0, 0.1) is 0 Å². The summed E-state index contributed by atoms with van der Waals surface area (Å²) in [4.78, 5) is 20.7. The van der Waals surface area contributed by atoms with Crippen molar-refractivity contribution in [3.05, 3.63) is 64.5 Å². The predicted octanol–water partition coefficient (Wildman–Crippen LogP) is 4.63. The van der Waals surface area contributed by atoms with Crippen molar-refractivity contribution in [2.24, 2.45) is 0 Å². The van der Waals surface area contributed by atoms with E-state index in [1.165, 1.54) is 30.3 Å². The van der Waals surface area contributed by atoms with Crippen LogP contribution in [0.4, 0.5) is 13.2 Å². The largest absolute Gasteiger partial charge is 0.507 e. The lowest BCUT2D eigenvalue weighted by Crippen LogP contribution is -2.49. The molecule has 1 aliphatic heterocycles. The number of phenols is 1. The molecule has 3 aromatic rings. The van der Waals surface area contributed by atoms with Crippen molar-refractivity contribution in [1.29, 1.82) is 0 Å². The number of hydrogen-bond donors (Lipinski definition) is 1. The zero-order valence-electron chi connectivity index (χ0n) is 17.5. The van der Waals surface area contributed by atoms with Gasteiger partial charge in [0.25, 0.3) is 5.91 Å². The smallest absolute Gasteiger partial charge is 0.416 e. The van der Waals surface area contributed by atoms with E-state index in [1.807, 2.05) is 11.8 Å². The van der Waals surface area contributed by atoms with Crippen LogP contribution in [0.5, 0.6) is 5.75 Å². The molecule has 1 atom stereocenters. The molecule has 0 radical (unpaired) electrons. The molecule has 1 amide bonds. The van der Waals surface area contributed by atoms with E-state index in [4.69, 9.17) is 16.1 Å². The minimum Gasteiger partial charge on any atom is -0.507 e. The molecule has 0 bridgehead atoms. The maximum atomic E-state index is 13.0. The molecule has 1 unspecified atom stereocenters. The van der Waals surface area contributed by atoms with Crippen LogP contribution in [-0.2, 0) is 6.18 Å². The number of phenolic OH excluding ortho intramolecular Hbond substituents is 1. The lowest BCUT2D eigenvalue weighted by molar-refractivity contribution is -0.137. The number of aromatic hydroxyl groups is 1. The van der Waals surface area contributed by atoms with Crippen molar-refractivity contribution < 1.29 is 27.6 Å². The predicted molar refractivity (Wildman–Crippen MR) is 114 cm³/mol. The first-order valence-corrected chi connectivity index (χ1v) is 10.5. The van der Waals surface area contributed by atoms with Gasteiger partial charge in [-0.1, -0.05) is 28.9 Å². The molecule has 2 heterocycles. The highest BCUT2D eigenvalue weighted by Gasteiger charge is 2.32. The Kier molecular flexibility index (Phi) is 6.31. The Hall–Kier alpha value is -3.11. The molecule has 2 aromatic carbocycles. The van der Waals surface area contributed by atoms with Crippen LogP contribution in [0.1, 0.15) is 34.8 Å². The molecule has 1 fully saturated rings. The van der Waals surface area contributed by atoms with E-state index in [0.29, 0.717) is 31.2 Å². The van der Waals surface area contributed by atoms with Gasteiger partial charge in [-0.15, -0.1) is 0 Å². The molecule has 7 nitrogen and oxygen atoms in total. The summed E-state index contributed by atoms with van der Waals surface area (Å²) in [5, 5.41) is 14.2. The molecule has 1 saturated heterocycles. The van der Waals surface area contributed by atoms with E-state index in [0.717, 1.165) is 12.1 Å². The standard InChI is InChI=1S/C22H20ClF3N4O3/c1-13(20-27-19(28-33-20)14-3-2-4-15(11-14)22(24,25)26)29-7-9-30(10-8-29)21(32)17-12-16(23)5-6-18(17)31/h2-6,11-13,31H,7-10H2,1H3. The Balaban J connectivity index is 1.42. The van der Waals surface area contributed by atoms with Crippen LogP contribution >= 0.6 is 11.6 Å². The maximum absolute atomic E-state index is 13.0. The summed E-state index contributed by atoms with van der Waals surface area (Å²) >= 11 is 5.94. The molecular formula is C22H20ClF3N4O3. The third-order valence-electron chi connectivity index (χ3n) is 5.59. The number of carbonyl (C=O) groups excluding carboxylic acids is 1. The van der Waals surface area contributed by atoms with Gasteiger partial charge in [-0.25, -0.2) is 0 Å². The van der Waals surface area contributed by atoms with Gasteiger partial charge in [0.05, 0.1) is 17.2 Å². The molecule has 1 aliphatic rings. The highest BCUT2D eigenvalue weighted by Crippen LogP contribution is 2.32. The second kappa shape index (κ2) is 9.03. The minimum absolute atomic E-state index is 0.0770. The van der Waals surface area contributed by atoms with Crippen LogP contribution in [0.3, 0.4) is 0 Å². The summed E-state index contributed by atoms with van der Waals surface area (Å²) in [5.74, 6) is -0.0945. The number of piperazine rings is 1. The average Bonchev–Trinajstić information content (AvgIpc) is 3.30. The molecule has 174 valence electrons. The van der Waals surface area contributed by atoms with Crippen molar-refractivity contribution in [1.82, 2.24) is 19.9 Å². The second-order valence-corrected chi connectivity index (χ2v) is 8.14. The fraction of sp³-hybridized carbons (Fsp3) is 0.318. The third-order valence-corrected chi connectivity index (χ3v) is 5.82. The molecule has 0 saturated carbocycles. The van der Waals surface area contributed by atoms with E-state index >= 15 is 0 Å². The molecule has 0 spiro atoms. The van der Waals surface area contributed by atoms with E-state index in [1.54, 1.807) is 4.90 Å². The number of aromatic nitrogens is 2. The number of halogens is 4. The van der Waals surface area contributed by atoms with Crippen molar-refractivity contribution in [3.8, 4) is 17.1 Å². The van der Waals surface area contributed by atoms with Crippen LogP contribution in [0.25, 0.3) is 11.4 Å². The summed E-state index contributed by atoms with van der Waals surface area (Å²) in [6, 6.07) is 8.77. The van der Waals surface area contributed by atoms with E-state index in [2.05, 4.69) is 10.1 Å². The SMILES string of the molecule is CC(c1nc(-c2cccc(C(F)(F)F)c2)no1)N1CCN(C(=O)c2cc(Cl)ccc2O)CC1. The van der Waals surface area contributed by atoms with Crippen molar-refractivity contribution in [2.75, 3.05) is 26.2 Å². The van der Waals surface area contributed by atoms with Gasteiger partial charge in [-0.2, -0.15) is 18.2 Å². The summed E-state index contributed by atoms with van der Waals surface area (Å²) < 4.78 is 44.3. The molecule has 11 heteroatoms. The van der Waals surface area contributed by atoms with Gasteiger partial charge < -0.3 is 14.5 Å². The fourth-order valence-corrected chi connectivity index (χ4v) is 3.85. The van der Waals surface area contributed by atoms with Gasteiger partial charge in [0.2, 0.25) is 11.7 Å². The molecule has 4 rings (SSSR count). The first-order valence-electron chi connectivity index (χ1n) is 10.2. The number of benzene rings is 2. The van der Waals surface area contributed by atoms with Crippen LogP contribution in [-0.4, -0.2) is 57.1 Å². The van der Waals surface area contributed by atoms with Gasteiger partial charge in [0, 0.05) is 36.8 Å². The van der Waals surface area contributed by atoms with E-state index < -0.39 is 11.7 Å². The topological polar surface area (TPSA) is 82.7 Å². The third kappa shape index (κ3) is 4.96. The summed E-state index contributed by atoms with van der Waals surface area (Å²) in [5.41, 5.74) is -0.429. The number of rotatable bonds is 4. The van der Waals surface area contributed by atoms with Crippen LogP contribution in [0.2, 0.25) is 5.02 Å². The summed E-state index contributed by atoms with van der Waals surface area (Å²) in [7, 11) is 0. The minimum atomic E-state index is -4.46. The zero-order chi connectivity index (χ0) is 23.8. The maximum Gasteiger partial charge on any atom is 0.416 e. The van der Waals surface area contributed by atoms with Crippen molar-refractivity contribution in [2.45, 2.75) is 19.1 Å². The first kappa shape index (κ1) is 23.1. The average molecular weight is 481 g/mol. The second-order valence-electron chi connectivity index (χ2n) is 7.70. The normalized spacial score (nSPS) is 16.1. The van der Waals surface area contributed by atoms with Gasteiger partial charge in [-0.3, -0.25) is 9.69 Å². The molecule has 1 N–H and O–H groups in total. The van der Waals surface area contributed by atoms with Gasteiger partial charge in [-0.05, 0) is 37.3 Å². The number of nitrogens with zero attached hydrogens (tertiary/aromatic N) is 4. The highest BCUT2D eigenvalue weighted by atomic mass is 35.5. The van der Waals surface area contributed by atoms with E-state index in [-0.39, 0.29) is 40.5 Å². The number of hydrogen-bond acceptors (Lipinski definition) is 6. The van der Waals surface area contributed by atoms with Crippen molar-refractivity contribution in [3.63, 3.8) is 0 Å². The Morgan fingerprint density at radius 1 is 1.15 bits per heavy atom.